The Morgan fingerprint density at radius 3 is 3.00 bits per heavy atom. The number of nitrogens with zero attached hydrogens (tertiary/aromatic N) is 2. The Morgan fingerprint density at radius 1 is 1.42 bits per heavy atom. The fourth-order valence-electron chi connectivity index (χ4n) is 2.37. The number of carboxylic acid groups (broad SMARTS) is 1. The first kappa shape index (κ1) is 12.9. The summed E-state index contributed by atoms with van der Waals surface area (Å²) in [5.74, 6) is -1.05. The molecule has 3 rings (SSSR count). The third-order valence-corrected chi connectivity index (χ3v) is 5.62. The van der Waals surface area contributed by atoms with Crippen LogP contribution in [0.2, 0.25) is 0 Å². The highest BCUT2D eigenvalue weighted by Gasteiger charge is 2.21. The molecule has 0 radical (unpaired) electrons. The smallest absolute Gasteiger partial charge is 0.128 e. The molecule has 2 aromatic rings. The molecule has 0 unspecified atom stereocenters. The van der Waals surface area contributed by atoms with Gasteiger partial charge in [-0.25, -0.2) is 9.97 Å². The average Bonchev–Trinajstić information content (AvgIpc) is 2.77. The van der Waals surface area contributed by atoms with Gasteiger partial charge in [0.1, 0.15) is 16.2 Å². The zero-order chi connectivity index (χ0) is 13.4. The van der Waals surface area contributed by atoms with Crippen molar-refractivity contribution in [2.24, 2.45) is 0 Å². The van der Waals surface area contributed by atoms with Crippen LogP contribution in [0, 0.1) is 0 Å². The maximum atomic E-state index is 10.9. The second-order valence-corrected chi connectivity index (χ2v) is 7.06. The molecule has 0 aromatic carbocycles. The van der Waals surface area contributed by atoms with Crippen LogP contribution in [0.25, 0.3) is 10.2 Å². The van der Waals surface area contributed by atoms with E-state index in [2.05, 4.69) is 9.97 Å². The minimum absolute atomic E-state index is 0.600. The number of aryl methyl sites for hydroxylation is 2. The van der Waals surface area contributed by atoms with E-state index in [4.69, 9.17) is 0 Å². The highest BCUT2D eigenvalue weighted by atomic mass is 32.2. The normalized spacial score (nSPS) is 16.3. The van der Waals surface area contributed by atoms with Crippen LogP contribution < -0.4 is 5.11 Å². The van der Waals surface area contributed by atoms with E-state index < -0.39 is 11.2 Å². The van der Waals surface area contributed by atoms with E-state index >= 15 is 0 Å². The first-order valence-corrected chi connectivity index (χ1v) is 7.99. The number of rotatable bonds is 3. The lowest BCUT2D eigenvalue weighted by Gasteiger charge is -2.14. The number of hydrogen-bond donors (Lipinski definition) is 0. The summed E-state index contributed by atoms with van der Waals surface area (Å²) in [5, 5.41) is 12.1. The molecule has 0 saturated heterocycles. The maximum absolute atomic E-state index is 10.9. The van der Waals surface area contributed by atoms with Gasteiger partial charge in [0.25, 0.3) is 0 Å². The summed E-state index contributed by atoms with van der Waals surface area (Å²) in [6.45, 7) is 1.63. The number of thiophene rings is 1. The molecule has 0 N–H and O–H groups in total. The van der Waals surface area contributed by atoms with Gasteiger partial charge < -0.3 is 9.90 Å². The molecule has 0 amide bonds. The van der Waals surface area contributed by atoms with Crippen LogP contribution in [0.1, 0.15) is 30.2 Å². The van der Waals surface area contributed by atoms with E-state index in [0.717, 1.165) is 28.1 Å². The Labute approximate surface area is 119 Å². The molecule has 0 saturated carbocycles. The van der Waals surface area contributed by atoms with Crippen molar-refractivity contribution in [3.05, 3.63) is 16.8 Å². The molecule has 0 aliphatic heterocycles. The third-order valence-electron chi connectivity index (χ3n) is 3.34. The van der Waals surface area contributed by atoms with Crippen molar-refractivity contribution >= 4 is 39.3 Å². The van der Waals surface area contributed by atoms with Crippen LogP contribution in [0.5, 0.6) is 0 Å². The topological polar surface area (TPSA) is 65.9 Å². The van der Waals surface area contributed by atoms with E-state index in [1.165, 1.54) is 41.4 Å². The first-order chi connectivity index (χ1) is 9.16. The van der Waals surface area contributed by atoms with E-state index in [1.807, 2.05) is 0 Å². The molecular weight excluding hydrogens is 280 g/mol. The zero-order valence-electron chi connectivity index (χ0n) is 10.5. The third kappa shape index (κ3) is 2.34. The first-order valence-electron chi connectivity index (χ1n) is 6.29. The standard InChI is InChI=1S/C13H14N2O2S2/c1-7(13(16)17)18-11-10-8-4-2-3-5-9(8)19-12(10)15-6-14-11/h6-7H,2-5H2,1H3,(H,16,17)/p-1/t7-/m1/s1. The number of thioether (sulfide) groups is 1. The van der Waals surface area contributed by atoms with E-state index in [9.17, 15) is 9.90 Å². The molecule has 1 aliphatic carbocycles. The number of aliphatic carboxylic acids is 1. The Hall–Kier alpha value is -1.14. The van der Waals surface area contributed by atoms with Crippen LogP contribution in [0.15, 0.2) is 11.4 Å². The molecule has 0 fully saturated rings. The van der Waals surface area contributed by atoms with E-state index in [1.54, 1.807) is 18.3 Å². The molecule has 1 atom stereocenters. The van der Waals surface area contributed by atoms with Crippen LogP contribution in [-0.2, 0) is 17.6 Å². The summed E-state index contributed by atoms with van der Waals surface area (Å²) in [6.07, 6.45) is 6.10. The van der Waals surface area contributed by atoms with E-state index in [-0.39, 0.29) is 0 Å². The SMILES string of the molecule is C[C@@H](Sc1ncnc2sc3c(c12)CCCC3)C(=O)[O-]. The van der Waals surface area contributed by atoms with Gasteiger partial charge in [-0.1, -0.05) is 11.8 Å². The molecule has 6 heteroatoms. The van der Waals surface area contributed by atoms with Crippen molar-refractivity contribution in [2.45, 2.75) is 42.9 Å². The van der Waals surface area contributed by atoms with Crippen LogP contribution >= 0.6 is 23.1 Å². The summed E-state index contributed by atoms with van der Waals surface area (Å²) >= 11 is 2.97. The predicted molar refractivity (Wildman–Crippen MR) is 74.4 cm³/mol. The molecule has 1 aliphatic rings. The number of hydrogen-bond acceptors (Lipinski definition) is 6. The summed E-state index contributed by atoms with van der Waals surface area (Å²) in [7, 11) is 0. The largest absolute Gasteiger partial charge is 0.549 e. The van der Waals surface area contributed by atoms with Crippen molar-refractivity contribution in [2.75, 3.05) is 0 Å². The van der Waals surface area contributed by atoms with Crippen molar-refractivity contribution < 1.29 is 9.90 Å². The van der Waals surface area contributed by atoms with Gasteiger partial charge in [-0.3, -0.25) is 0 Å². The summed E-state index contributed by atoms with van der Waals surface area (Å²) in [6, 6.07) is 0. The van der Waals surface area contributed by atoms with Gasteiger partial charge >= 0.3 is 0 Å². The number of carboxylic acids is 1. The van der Waals surface area contributed by atoms with Gasteiger partial charge in [-0.15, -0.1) is 11.3 Å². The Bertz CT molecular complexity index is 639. The van der Waals surface area contributed by atoms with Gasteiger partial charge in [-0.05, 0) is 38.2 Å². The monoisotopic (exact) mass is 293 g/mol. The molecule has 2 heterocycles. The molecular formula is C13H13N2O2S2-. The molecule has 0 bridgehead atoms. The van der Waals surface area contributed by atoms with Crippen molar-refractivity contribution in [1.82, 2.24) is 9.97 Å². The highest BCUT2D eigenvalue weighted by molar-refractivity contribution is 8.00. The lowest BCUT2D eigenvalue weighted by atomic mass is 9.97. The fourth-order valence-corrected chi connectivity index (χ4v) is 4.54. The molecule has 2 aromatic heterocycles. The molecule has 0 spiro atoms. The number of aromatic nitrogens is 2. The van der Waals surface area contributed by atoms with Gasteiger partial charge in [-0.2, -0.15) is 0 Å². The van der Waals surface area contributed by atoms with Gasteiger partial charge in [0, 0.05) is 15.5 Å². The Kier molecular flexibility index (Phi) is 3.45. The van der Waals surface area contributed by atoms with Gasteiger partial charge in [0.05, 0.1) is 5.97 Å². The Balaban J connectivity index is 2.09. The number of carbonyl (C=O) groups is 1. The van der Waals surface area contributed by atoms with Gasteiger partial charge in [0.15, 0.2) is 0 Å². The quantitative estimate of drug-likeness (QED) is 0.638. The van der Waals surface area contributed by atoms with Crippen molar-refractivity contribution in [3.8, 4) is 0 Å². The molecule has 100 valence electrons. The second kappa shape index (κ2) is 5.09. The zero-order valence-corrected chi connectivity index (χ0v) is 12.1. The predicted octanol–water partition coefficient (Wildman–Crippen LogP) is 1.80. The molecule has 4 nitrogen and oxygen atoms in total. The van der Waals surface area contributed by atoms with E-state index in [0.29, 0.717) is 0 Å². The van der Waals surface area contributed by atoms with Crippen LogP contribution in [0.3, 0.4) is 0 Å². The van der Waals surface area contributed by atoms with Gasteiger partial charge in [0.2, 0.25) is 0 Å². The van der Waals surface area contributed by atoms with Crippen molar-refractivity contribution in [1.29, 1.82) is 0 Å². The Morgan fingerprint density at radius 2 is 2.21 bits per heavy atom. The summed E-state index contributed by atoms with van der Waals surface area (Å²) in [4.78, 5) is 21.9. The van der Waals surface area contributed by atoms with Crippen molar-refractivity contribution in [3.63, 3.8) is 0 Å². The van der Waals surface area contributed by atoms with Crippen LogP contribution in [-0.4, -0.2) is 21.2 Å². The second-order valence-electron chi connectivity index (χ2n) is 4.65. The number of carbonyl (C=O) groups excluding carboxylic acids is 1. The summed E-state index contributed by atoms with van der Waals surface area (Å²) < 4.78 is 0. The summed E-state index contributed by atoms with van der Waals surface area (Å²) in [5.41, 5.74) is 1.33. The maximum Gasteiger partial charge on any atom is 0.128 e. The van der Waals surface area contributed by atoms with Crippen LogP contribution in [0.4, 0.5) is 0 Å². The highest BCUT2D eigenvalue weighted by Crippen LogP contribution is 2.39. The minimum Gasteiger partial charge on any atom is -0.549 e. The fraction of sp³-hybridized carbons (Fsp3) is 0.462. The average molecular weight is 293 g/mol. The number of fused-ring (bicyclic) bond motifs is 3. The lowest BCUT2D eigenvalue weighted by Crippen LogP contribution is -2.31. The minimum atomic E-state index is -1.05. The molecule has 19 heavy (non-hydrogen) atoms. The lowest BCUT2D eigenvalue weighted by molar-refractivity contribution is -0.304.